The number of aromatic carboxylic acids is 1. The first-order valence-electron chi connectivity index (χ1n) is 8.29. The SMILES string of the molecule is Cl.Nc1c(Cl)cc(C(=O)O)c2c1CC(CCCN1CCCCC1)O2. The zero-order chi connectivity index (χ0) is 16.4. The highest BCUT2D eigenvalue weighted by Crippen LogP contribution is 2.41. The molecule has 1 aromatic rings. The molecule has 1 saturated heterocycles. The number of nitrogens with two attached hydrogens (primary N) is 1. The molecule has 0 aliphatic carbocycles. The van der Waals surface area contributed by atoms with E-state index in [0.717, 1.165) is 24.9 Å². The summed E-state index contributed by atoms with van der Waals surface area (Å²) in [5.74, 6) is -0.625. The van der Waals surface area contributed by atoms with E-state index in [9.17, 15) is 9.90 Å². The van der Waals surface area contributed by atoms with Crippen LogP contribution in [0.15, 0.2) is 6.07 Å². The minimum absolute atomic E-state index is 0. The number of rotatable bonds is 5. The van der Waals surface area contributed by atoms with Crippen molar-refractivity contribution in [3.05, 3.63) is 22.2 Å². The fourth-order valence-corrected chi connectivity index (χ4v) is 3.74. The van der Waals surface area contributed by atoms with E-state index in [1.54, 1.807) is 0 Å². The molecule has 3 rings (SSSR count). The molecule has 1 unspecified atom stereocenters. The quantitative estimate of drug-likeness (QED) is 0.769. The third-order valence-electron chi connectivity index (χ3n) is 4.77. The van der Waals surface area contributed by atoms with Gasteiger partial charge in [-0.3, -0.25) is 0 Å². The minimum Gasteiger partial charge on any atom is -0.489 e. The largest absolute Gasteiger partial charge is 0.489 e. The maximum atomic E-state index is 11.4. The maximum absolute atomic E-state index is 11.4. The second-order valence-electron chi connectivity index (χ2n) is 6.42. The van der Waals surface area contributed by atoms with Crippen molar-refractivity contribution in [3.63, 3.8) is 0 Å². The molecular weight excluding hydrogens is 351 g/mol. The van der Waals surface area contributed by atoms with Crippen molar-refractivity contribution in [2.24, 2.45) is 0 Å². The Morgan fingerprint density at radius 3 is 2.75 bits per heavy atom. The summed E-state index contributed by atoms with van der Waals surface area (Å²) in [6, 6.07) is 1.38. The number of anilines is 1. The summed E-state index contributed by atoms with van der Waals surface area (Å²) >= 11 is 6.04. The molecule has 1 aromatic carbocycles. The third kappa shape index (κ3) is 4.08. The van der Waals surface area contributed by atoms with Gasteiger partial charge in [-0.15, -0.1) is 12.4 Å². The first-order valence-corrected chi connectivity index (χ1v) is 8.67. The zero-order valence-corrected chi connectivity index (χ0v) is 15.2. The molecular formula is C17H24Cl2N2O3. The Balaban J connectivity index is 0.00000208. The number of carboxylic acid groups (broad SMARTS) is 1. The molecule has 134 valence electrons. The fourth-order valence-electron chi connectivity index (χ4n) is 3.52. The molecule has 1 fully saturated rings. The molecule has 7 heteroatoms. The number of carbonyl (C=O) groups is 1. The molecule has 2 aliphatic rings. The molecule has 5 nitrogen and oxygen atoms in total. The maximum Gasteiger partial charge on any atom is 0.339 e. The van der Waals surface area contributed by atoms with Gasteiger partial charge in [0.05, 0.1) is 10.7 Å². The molecule has 24 heavy (non-hydrogen) atoms. The minimum atomic E-state index is -1.03. The monoisotopic (exact) mass is 374 g/mol. The summed E-state index contributed by atoms with van der Waals surface area (Å²) in [4.78, 5) is 13.9. The predicted molar refractivity (Wildman–Crippen MR) is 97.7 cm³/mol. The number of benzene rings is 1. The molecule has 2 aliphatic heterocycles. The van der Waals surface area contributed by atoms with Gasteiger partial charge in [-0.25, -0.2) is 4.79 Å². The predicted octanol–water partition coefficient (Wildman–Crippen LogP) is 3.61. The molecule has 0 bridgehead atoms. The third-order valence-corrected chi connectivity index (χ3v) is 5.08. The molecule has 1 atom stereocenters. The average Bonchev–Trinajstić information content (AvgIpc) is 2.96. The number of halogens is 2. The van der Waals surface area contributed by atoms with E-state index in [1.165, 1.54) is 38.4 Å². The van der Waals surface area contributed by atoms with Gasteiger partial charge in [-0.2, -0.15) is 0 Å². The molecule has 2 heterocycles. The molecule has 3 N–H and O–H groups in total. The van der Waals surface area contributed by atoms with E-state index in [4.69, 9.17) is 22.1 Å². The van der Waals surface area contributed by atoms with Crippen molar-refractivity contribution in [3.8, 4) is 5.75 Å². The van der Waals surface area contributed by atoms with Crippen LogP contribution in [0.25, 0.3) is 0 Å². The van der Waals surface area contributed by atoms with Gasteiger partial charge in [0.25, 0.3) is 0 Å². The van der Waals surface area contributed by atoms with Gasteiger partial charge in [0.1, 0.15) is 17.4 Å². The van der Waals surface area contributed by atoms with Gasteiger partial charge in [-0.05, 0) is 51.4 Å². The Bertz CT molecular complexity index is 604. The van der Waals surface area contributed by atoms with Crippen LogP contribution in [0.3, 0.4) is 0 Å². The summed E-state index contributed by atoms with van der Waals surface area (Å²) in [5.41, 5.74) is 7.30. The van der Waals surface area contributed by atoms with E-state index in [0.29, 0.717) is 22.9 Å². The lowest BCUT2D eigenvalue weighted by atomic mass is 10.0. The first-order chi connectivity index (χ1) is 11.1. The van der Waals surface area contributed by atoms with Gasteiger partial charge in [-0.1, -0.05) is 18.0 Å². The lowest BCUT2D eigenvalue weighted by molar-refractivity contribution is 0.0691. The normalized spacial score (nSPS) is 20.1. The number of piperidine rings is 1. The van der Waals surface area contributed by atoms with Gasteiger partial charge in [0.15, 0.2) is 0 Å². The smallest absolute Gasteiger partial charge is 0.339 e. The van der Waals surface area contributed by atoms with Crippen LogP contribution in [-0.4, -0.2) is 41.7 Å². The average molecular weight is 375 g/mol. The number of hydrogen-bond donors (Lipinski definition) is 2. The van der Waals surface area contributed by atoms with Crippen LogP contribution in [0.4, 0.5) is 5.69 Å². The number of hydrogen-bond acceptors (Lipinski definition) is 4. The highest BCUT2D eigenvalue weighted by molar-refractivity contribution is 6.33. The van der Waals surface area contributed by atoms with E-state index >= 15 is 0 Å². The number of fused-ring (bicyclic) bond motifs is 1. The number of ether oxygens (including phenoxy) is 1. The van der Waals surface area contributed by atoms with Crippen molar-refractivity contribution in [1.29, 1.82) is 0 Å². The van der Waals surface area contributed by atoms with E-state index < -0.39 is 5.97 Å². The summed E-state index contributed by atoms with van der Waals surface area (Å²) in [5, 5.41) is 9.60. The lowest BCUT2D eigenvalue weighted by Gasteiger charge is -2.26. The van der Waals surface area contributed by atoms with E-state index in [2.05, 4.69) is 4.90 Å². The summed E-state index contributed by atoms with van der Waals surface area (Å²) in [7, 11) is 0. The first kappa shape index (κ1) is 19.2. The van der Waals surface area contributed by atoms with E-state index in [1.807, 2.05) is 0 Å². The Labute approximate surface area is 153 Å². The zero-order valence-electron chi connectivity index (χ0n) is 13.6. The highest BCUT2D eigenvalue weighted by Gasteiger charge is 2.30. The van der Waals surface area contributed by atoms with Gasteiger partial charge >= 0.3 is 5.97 Å². The second-order valence-corrected chi connectivity index (χ2v) is 6.83. The van der Waals surface area contributed by atoms with Crippen molar-refractivity contribution in [2.45, 2.75) is 44.6 Å². The molecule has 0 amide bonds. The van der Waals surface area contributed by atoms with Crippen LogP contribution in [0.2, 0.25) is 5.02 Å². The molecule has 0 saturated carbocycles. The summed E-state index contributed by atoms with van der Waals surface area (Å²) in [6.07, 6.45) is 6.52. The Hall–Kier alpha value is -1.17. The standard InChI is InChI=1S/C17H23ClN2O3.ClH/c18-14-10-13(17(21)22)16-12(15(14)19)9-11(23-16)5-4-8-20-6-2-1-3-7-20;/h10-11H,1-9,19H2,(H,21,22);1H. The lowest BCUT2D eigenvalue weighted by Crippen LogP contribution is -2.31. The van der Waals surface area contributed by atoms with Crippen LogP contribution < -0.4 is 10.5 Å². The van der Waals surface area contributed by atoms with Crippen molar-refractivity contribution >= 4 is 35.7 Å². The van der Waals surface area contributed by atoms with Crippen LogP contribution in [0, 0.1) is 0 Å². The second kappa shape index (κ2) is 8.28. The molecule has 0 spiro atoms. The molecule has 0 radical (unpaired) electrons. The van der Waals surface area contributed by atoms with Crippen molar-refractivity contribution < 1.29 is 14.6 Å². The number of likely N-dealkylation sites (tertiary alicyclic amines) is 1. The summed E-state index contributed by atoms with van der Waals surface area (Å²) in [6.45, 7) is 3.47. The van der Waals surface area contributed by atoms with Crippen LogP contribution in [0.5, 0.6) is 5.75 Å². The number of nitrogen functional groups attached to an aromatic ring is 1. The number of carboxylic acids is 1. The number of nitrogens with zero attached hydrogens (tertiary/aromatic N) is 1. The topological polar surface area (TPSA) is 75.8 Å². The Morgan fingerprint density at radius 1 is 1.38 bits per heavy atom. The van der Waals surface area contributed by atoms with Gasteiger partial charge in [0.2, 0.25) is 0 Å². The fraction of sp³-hybridized carbons (Fsp3) is 0.588. The van der Waals surface area contributed by atoms with Gasteiger partial charge < -0.3 is 20.5 Å². The highest BCUT2D eigenvalue weighted by atomic mass is 35.5. The molecule has 0 aromatic heterocycles. The van der Waals surface area contributed by atoms with Gasteiger partial charge in [0, 0.05) is 12.0 Å². The van der Waals surface area contributed by atoms with Crippen LogP contribution >= 0.6 is 24.0 Å². The Morgan fingerprint density at radius 2 is 2.08 bits per heavy atom. The van der Waals surface area contributed by atoms with Crippen molar-refractivity contribution in [1.82, 2.24) is 4.90 Å². The van der Waals surface area contributed by atoms with E-state index in [-0.39, 0.29) is 24.1 Å². The van der Waals surface area contributed by atoms with Crippen LogP contribution in [-0.2, 0) is 6.42 Å². The Kier molecular flexibility index (Phi) is 6.61. The van der Waals surface area contributed by atoms with Crippen LogP contribution in [0.1, 0.15) is 48.0 Å². The summed E-state index contributed by atoms with van der Waals surface area (Å²) < 4.78 is 5.89. The van der Waals surface area contributed by atoms with Crippen molar-refractivity contribution in [2.75, 3.05) is 25.4 Å².